The molecule has 1 rings (SSSR count). The maximum absolute atomic E-state index is 12.8. The molecule has 2 amide bonds. The normalized spacial score (nSPS) is 10.5. The van der Waals surface area contributed by atoms with Crippen molar-refractivity contribution in [1.82, 2.24) is 19.8 Å². The average Bonchev–Trinajstić information content (AvgIpc) is 2.67. The van der Waals surface area contributed by atoms with E-state index in [0.29, 0.717) is 0 Å². The van der Waals surface area contributed by atoms with E-state index in [4.69, 9.17) is 14.6 Å². The van der Waals surface area contributed by atoms with Crippen molar-refractivity contribution in [3.8, 4) is 11.8 Å². The number of hydrogen-bond donors (Lipinski definition) is 3. The van der Waals surface area contributed by atoms with Gasteiger partial charge in [-0.05, 0) is 27.7 Å². The van der Waals surface area contributed by atoms with Crippen LogP contribution in [0.1, 0.15) is 33.3 Å². The molecule has 0 aromatic carbocycles. The predicted octanol–water partition coefficient (Wildman–Crippen LogP) is -1.20. The Kier molecular flexibility index (Phi) is 10.2. The Morgan fingerprint density at radius 1 is 1.28 bits per heavy atom. The van der Waals surface area contributed by atoms with Gasteiger partial charge in [-0.1, -0.05) is 11.8 Å². The number of aliphatic hydroxyl groups excluding tert-OH is 1. The van der Waals surface area contributed by atoms with Crippen LogP contribution in [0.15, 0.2) is 15.8 Å². The van der Waals surface area contributed by atoms with Crippen LogP contribution in [0.2, 0.25) is 0 Å². The molecule has 0 fully saturated rings. The number of nitrogens with one attached hydrogen (secondary N) is 2. The van der Waals surface area contributed by atoms with Gasteiger partial charge in [0.15, 0.2) is 0 Å². The molecule has 12 nitrogen and oxygen atoms in total. The Bertz CT molecular complexity index is 994. The first kappa shape index (κ1) is 26.4. The van der Waals surface area contributed by atoms with E-state index in [1.165, 1.54) is 0 Å². The topological polar surface area (TPSA) is 160 Å². The Morgan fingerprint density at radius 3 is 2.56 bits per heavy atom. The van der Waals surface area contributed by atoms with Crippen LogP contribution in [0.4, 0.5) is 4.79 Å². The van der Waals surface area contributed by atoms with Crippen molar-refractivity contribution in [2.45, 2.75) is 39.8 Å². The molecule has 1 aromatic rings. The Hall–Kier alpha value is -3.59. The Labute approximate surface area is 184 Å². The van der Waals surface area contributed by atoms with Crippen LogP contribution in [-0.2, 0) is 25.6 Å². The van der Waals surface area contributed by atoms with Gasteiger partial charge in [0.1, 0.15) is 30.9 Å². The lowest BCUT2D eigenvalue weighted by Crippen LogP contribution is -2.45. The minimum absolute atomic E-state index is 0.0200. The maximum atomic E-state index is 12.8. The molecule has 0 aliphatic heterocycles. The summed E-state index contributed by atoms with van der Waals surface area (Å²) in [5.74, 6) is 3.36. The fourth-order valence-electron chi connectivity index (χ4n) is 2.36. The third-order valence-corrected chi connectivity index (χ3v) is 3.65. The molecule has 176 valence electrons. The quantitative estimate of drug-likeness (QED) is 0.327. The molecular formula is C20H28N4O8. The van der Waals surface area contributed by atoms with Crippen molar-refractivity contribution < 1.29 is 29.0 Å². The van der Waals surface area contributed by atoms with Crippen molar-refractivity contribution in [3.05, 3.63) is 32.6 Å². The lowest BCUT2D eigenvalue weighted by Gasteiger charge is -2.23. The number of aromatic nitrogens is 2. The smallest absolute Gasteiger partial charge is 0.407 e. The van der Waals surface area contributed by atoms with E-state index in [1.807, 2.05) is 4.98 Å². The third kappa shape index (κ3) is 9.48. The molecule has 12 heteroatoms. The van der Waals surface area contributed by atoms with E-state index >= 15 is 0 Å². The zero-order chi connectivity index (χ0) is 24.3. The highest BCUT2D eigenvalue weighted by molar-refractivity contribution is 5.82. The molecule has 0 saturated heterocycles. The number of nitrogens with zero attached hydrogens (tertiary/aromatic N) is 2. The van der Waals surface area contributed by atoms with Crippen LogP contribution < -0.4 is 16.6 Å². The maximum Gasteiger partial charge on any atom is 0.407 e. The first-order valence-corrected chi connectivity index (χ1v) is 9.80. The SMILES string of the molecule is CCOC(=O)CN(CCNC(=O)OC(C)(C)C)C(=O)Cn1cc(C#CCO)c(=O)[nH]c1=O. The molecule has 0 aliphatic rings. The van der Waals surface area contributed by atoms with Crippen LogP contribution in [0, 0.1) is 11.8 Å². The van der Waals surface area contributed by atoms with Gasteiger partial charge in [0.05, 0.1) is 6.61 Å². The lowest BCUT2D eigenvalue weighted by atomic mass is 10.2. The van der Waals surface area contributed by atoms with Crippen LogP contribution >= 0.6 is 0 Å². The van der Waals surface area contributed by atoms with E-state index in [2.05, 4.69) is 17.2 Å². The van der Waals surface area contributed by atoms with Gasteiger partial charge in [0.25, 0.3) is 5.56 Å². The summed E-state index contributed by atoms with van der Waals surface area (Å²) >= 11 is 0. The molecule has 1 heterocycles. The Morgan fingerprint density at radius 2 is 1.97 bits per heavy atom. The Balaban J connectivity index is 2.96. The predicted molar refractivity (Wildman–Crippen MR) is 113 cm³/mol. The standard InChI is InChI=1S/C20H28N4O8/c1-5-31-16(27)13-23(9-8-21-19(30)32-20(2,3)4)15(26)12-24-11-14(7-6-10-25)17(28)22-18(24)29/h11,25H,5,8-10,12-13H2,1-4H3,(H,21,30)(H,22,28,29). The second kappa shape index (κ2) is 12.3. The number of alkyl carbamates (subject to hydrolysis) is 1. The van der Waals surface area contributed by atoms with Gasteiger partial charge < -0.3 is 24.8 Å². The highest BCUT2D eigenvalue weighted by Crippen LogP contribution is 2.06. The average molecular weight is 452 g/mol. The highest BCUT2D eigenvalue weighted by Gasteiger charge is 2.21. The van der Waals surface area contributed by atoms with Crippen molar-refractivity contribution in [3.63, 3.8) is 0 Å². The van der Waals surface area contributed by atoms with Gasteiger partial charge in [-0.3, -0.25) is 23.9 Å². The zero-order valence-electron chi connectivity index (χ0n) is 18.5. The van der Waals surface area contributed by atoms with Crippen molar-refractivity contribution in [2.75, 3.05) is 32.8 Å². The largest absolute Gasteiger partial charge is 0.465 e. The lowest BCUT2D eigenvalue weighted by molar-refractivity contribution is -0.149. The molecule has 0 radical (unpaired) electrons. The molecule has 1 aromatic heterocycles. The first-order valence-electron chi connectivity index (χ1n) is 9.80. The minimum atomic E-state index is -0.846. The number of esters is 1. The summed E-state index contributed by atoms with van der Waals surface area (Å²) in [5, 5.41) is 11.3. The van der Waals surface area contributed by atoms with Crippen LogP contribution in [0.5, 0.6) is 0 Å². The third-order valence-electron chi connectivity index (χ3n) is 3.65. The number of amides is 2. The van der Waals surface area contributed by atoms with Gasteiger partial charge in [0.2, 0.25) is 5.91 Å². The number of ether oxygens (including phenoxy) is 2. The van der Waals surface area contributed by atoms with E-state index in [-0.39, 0.29) is 25.3 Å². The molecule has 0 bridgehead atoms. The van der Waals surface area contributed by atoms with Gasteiger partial charge >= 0.3 is 17.8 Å². The fourth-order valence-corrected chi connectivity index (χ4v) is 2.36. The van der Waals surface area contributed by atoms with E-state index in [9.17, 15) is 24.0 Å². The molecule has 0 spiro atoms. The summed E-state index contributed by atoms with van der Waals surface area (Å²) in [6.07, 6.45) is 0.397. The molecule has 32 heavy (non-hydrogen) atoms. The molecular weight excluding hydrogens is 424 g/mol. The number of H-pyrrole nitrogens is 1. The first-order chi connectivity index (χ1) is 15.0. The summed E-state index contributed by atoms with van der Waals surface area (Å²) in [5.41, 5.74) is -2.42. The zero-order valence-corrected chi connectivity index (χ0v) is 18.5. The summed E-state index contributed by atoms with van der Waals surface area (Å²) in [6, 6.07) is 0. The summed E-state index contributed by atoms with van der Waals surface area (Å²) in [4.78, 5) is 63.4. The van der Waals surface area contributed by atoms with E-state index in [1.54, 1.807) is 27.7 Å². The second-order valence-electron chi connectivity index (χ2n) is 7.44. The van der Waals surface area contributed by atoms with Crippen molar-refractivity contribution >= 4 is 18.0 Å². The van der Waals surface area contributed by atoms with E-state index in [0.717, 1.165) is 15.7 Å². The van der Waals surface area contributed by atoms with E-state index < -0.39 is 54.5 Å². The van der Waals surface area contributed by atoms with Crippen LogP contribution in [-0.4, -0.2) is 76.0 Å². The number of carbonyl (C=O) groups excluding carboxylic acids is 3. The summed E-state index contributed by atoms with van der Waals surface area (Å²) < 4.78 is 10.9. The number of carbonyl (C=O) groups is 3. The van der Waals surface area contributed by atoms with Gasteiger partial charge in [-0.15, -0.1) is 0 Å². The van der Waals surface area contributed by atoms with Gasteiger partial charge in [-0.25, -0.2) is 9.59 Å². The molecule has 0 saturated carbocycles. The monoisotopic (exact) mass is 452 g/mol. The van der Waals surface area contributed by atoms with Crippen LogP contribution in [0.3, 0.4) is 0 Å². The van der Waals surface area contributed by atoms with Crippen molar-refractivity contribution in [1.29, 1.82) is 0 Å². The molecule has 0 unspecified atom stereocenters. The molecule has 3 N–H and O–H groups in total. The van der Waals surface area contributed by atoms with Crippen LogP contribution in [0.25, 0.3) is 0 Å². The second-order valence-corrected chi connectivity index (χ2v) is 7.44. The molecule has 0 aliphatic carbocycles. The number of aliphatic hydroxyl groups is 1. The number of rotatable bonds is 8. The minimum Gasteiger partial charge on any atom is -0.465 e. The molecule has 0 atom stereocenters. The fraction of sp³-hybridized carbons (Fsp3) is 0.550. The van der Waals surface area contributed by atoms with Gasteiger partial charge in [-0.2, -0.15) is 0 Å². The highest BCUT2D eigenvalue weighted by atomic mass is 16.6. The van der Waals surface area contributed by atoms with Gasteiger partial charge in [0, 0.05) is 19.3 Å². The number of aromatic amines is 1. The number of hydrogen-bond acceptors (Lipinski definition) is 8. The summed E-state index contributed by atoms with van der Waals surface area (Å²) in [6.45, 7) is 5.34. The van der Waals surface area contributed by atoms with Crippen molar-refractivity contribution in [2.24, 2.45) is 0 Å². The summed E-state index contributed by atoms with van der Waals surface area (Å²) in [7, 11) is 0.